The molecule has 0 saturated heterocycles. The highest BCUT2D eigenvalue weighted by Gasteiger charge is 2.09. The fourth-order valence-corrected chi connectivity index (χ4v) is 3.07. The molecular formula is C23H21FN4O2. The predicted octanol–water partition coefficient (Wildman–Crippen LogP) is 4.47. The summed E-state index contributed by atoms with van der Waals surface area (Å²) in [6.45, 7) is 4.70. The van der Waals surface area contributed by atoms with E-state index in [4.69, 9.17) is 20.6 Å². The lowest BCUT2D eigenvalue weighted by Crippen LogP contribution is -2.12. The lowest BCUT2D eigenvalue weighted by molar-refractivity contribution is 0.305. The summed E-state index contributed by atoms with van der Waals surface area (Å²) in [6, 6.07) is 17.3. The molecule has 0 aliphatic heterocycles. The number of hydrogen-bond donors (Lipinski definition) is 3. The number of rotatable bonds is 7. The third kappa shape index (κ3) is 4.35. The van der Waals surface area contributed by atoms with E-state index >= 15 is 0 Å². The Morgan fingerprint density at radius 2 is 1.97 bits per heavy atom. The molecule has 0 unspecified atom stereocenters. The molecule has 4 rings (SSSR count). The zero-order valence-corrected chi connectivity index (χ0v) is 16.2. The smallest absolute Gasteiger partial charge is 0.138 e. The molecule has 0 atom stereocenters. The van der Waals surface area contributed by atoms with Gasteiger partial charge in [0, 0.05) is 22.7 Å². The van der Waals surface area contributed by atoms with Gasteiger partial charge in [0.25, 0.3) is 0 Å². The van der Waals surface area contributed by atoms with E-state index in [0.29, 0.717) is 40.8 Å². The lowest BCUT2D eigenvalue weighted by atomic mass is 10.2. The number of halogens is 1. The van der Waals surface area contributed by atoms with Gasteiger partial charge in [0.1, 0.15) is 41.2 Å². The van der Waals surface area contributed by atoms with Gasteiger partial charge in [-0.1, -0.05) is 18.7 Å². The summed E-state index contributed by atoms with van der Waals surface area (Å²) >= 11 is 0. The summed E-state index contributed by atoms with van der Waals surface area (Å²) in [4.78, 5) is 4.03. The molecule has 2 heterocycles. The first-order valence-electron chi connectivity index (χ1n) is 9.33. The molecule has 7 heteroatoms. The average molecular weight is 404 g/mol. The van der Waals surface area contributed by atoms with Gasteiger partial charge >= 0.3 is 0 Å². The van der Waals surface area contributed by atoms with Crippen molar-refractivity contribution in [3.8, 4) is 5.75 Å². The monoisotopic (exact) mass is 404 g/mol. The van der Waals surface area contributed by atoms with Crippen LogP contribution < -0.4 is 21.5 Å². The van der Waals surface area contributed by atoms with Crippen LogP contribution in [0.4, 0.5) is 16.0 Å². The van der Waals surface area contributed by atoms with Gasteiger partial charge in [0.15, 0.2) is 0 Å². The van der Waals surface area contributed by atoms with Crippen molar-refractivity contribution in [1.29, 1.82) is 0 Å². The molecule has 0 aliphatic carbocycles. The van der Waals surface area contributed by atoms with Crippen LogP contribution >= 0.6 is 0 Å². The molecule has 6 nitrogen and oxygen atoms in total. The third-order valence-electron chi connectivity index (χ3n) is 4.58. The first-order valence-corrected chi connectivity index (χ1v) is 9.33. The highest BCUT2D eigenvalue weighted by atomic mass is 19.1. The van der Waals surface area contributed by atoms with Crippen molar-refractivity contribution in [1.82, 2.24) is 10.3 Å². The maximum Gasteiger partial charge on any atom is 0.138 e. The summed E-state index contributed by atoms with van der Waals surface area (Å²) in [5.41, 5.74) is 14.3. The Kier molecular flexibility index (Phi) is 5.26. The minimum absolute atomic E-state index is 0.273. The van der Waals surface area contributed by atoms with Crippen LogP contribution in [0.1, 0.15) is 16.9 Å². The molecule has 0 fully saturated rings. The van der Waals surface area contributed by atoms with Gasteiger partial charge in [-0.05, 0) is 48.0 Å². The Bertz CT molecular complexity index is 1220. The molecule has 4 aromatic rings. The van der Waals surface area contributed by atoms with Gasteiger partial charge < -0.3 is 25.9 Å². The van der Waals surface area contributed by atoms with Crippen molar-refractivity contribution in [2.75, 3.05) is 11.5 Å². The highest BCUT2D eigenvalue weighted by molar-refractivity contribution is 5.79. The number of nitrogen functional groups attached to an aromatic ring is 2. The summed E-state index contributed by atoms with van der Waals surface area (Å²) in [7, 11) is 0. The molecule has 2 aromatic carbocycles. The van der Waals surface area contributed by atoms with E-state index in [0.717, 1.165) is 16.7 Å². The fraction of sp³-hybridized carbons (Fsp3) is 0.0870. The standard InChI is InChI=1S/C23H21FN4O2/c1-14(20-7-8-22(25)28-23(20)26)27-12-19-10-16-5-6-18(11-21(16)30-19)29-13-15-3-2-4-17(24)9-15/h2-11,27H,1,12-13H2,(H4,25,26,28). The van der Waals surface area contributed by atoms with E-state index in [1.165, 1.54) is 12.1 Å². The molecular weight excluding hydrogens is 383 g/mol. The minimum Gasteiger partial charge on any atom is -0.489 e. The predicted molar refractivity (Wildman–Crippen MR) is 116 cm³/mol. The van der Waals surface area contributed by atoms with Gasteiger partial charge in [-0.25, -0.2) is 9.37 Å². The maximum absolute atomic E-state index is 13.3. The van der Waals surface area contributed by atoms with Crippen molar-refractivity contribution < 1.29 is 13.5 Å². The van der Waals surface area contributed by atoms with Crippen LogP contribution in [0.25, 0.3) is 16.7 Å². The molecule has 0 bridgehead atoms. The molecule has 5 N–H and O–H groups in total. The van der Waals surface area contributed by atoms with Crippen LogP contribution in [0.2, 0.25) is 0 Å². The number of furan rings is 1. The lowest BCUT2D eigenvalue weighted by Gasteiger charge is -2.10. The SMILES string of the molecule is C=C(NCc1cc2ccc(OCc3cccc(F)c3)cc2o1)c1ccc(N)nc1N. The van der Waals surface area contributed by atoms with Crippen LogP contribution in [-0.2, 0) is 13.2 Å². The highest BCUT2D eigenvalue weighted by Crippen LogP contribution is 2.26. The van der Waals surface area contributed by atoms with Crippen LogP contribution in [0.5, 0.6) is 5.75 Å². The molecule has 152 valence electrons. The minimum atomic E-state index is -0.284. The first-order chi connectivity index (χ1) is 14.5. The second kappa shape index (κ2) is 8.16. The van der Waals surface area contributed by atoms with Gasteiger partial charge in [0.05, 0.1) is 6.54 Å². The van der Waals surface area contributed by atoms with Crippen molar-refractivity contribution in [2.45, 2.75) is 13.2 Å². The Balaban J connectivity index is 1.41. The third-order valence-corrected chi connectivity index (χ3v) is 4.58. The summed E-state index contributed by atoms with van der Waals surface area (Å²) in [6.07, 6.45) is 0. The summed E-state index contributed by atoms with van der Waals surface area (Å²) in [5, 5.41) is 4.14. The number of aromatic nitrogens is 1. The van der Waals surface area contributed by atoms with Crippen molar-refractivity contribution >= 4 is 28.3 Å². The Labute approximate surface area is 173 Å². The molecule has 0 spiro atoms. The molecule has 0 radical (unpaired) electrons. The molecule has 2 aromatic heterocycles. The fourth-order valence-electron chi connectivity index (χ4n) is 3.07. The van der Waals surface area contributed by atoms with Crippen molar-refractivity contribution in [3.05, 3.63) is 89.9 Å². The Morgan fingerprint density at radius 3 is 2.77 bits per heavy atom. The van der Waals surface area contributed by atoms with Gasteiger partial charge in [-0.3, -0.25) is 0 Å². The number of pyridine rings is 1. The van der Waals surface area contributed by atoms with E-state index in [2.05, 4.69) is 16.9 Å². The second-order valence-corrected chi connectivity index (χ2v) is 6.83. The Morgan fingerprint density at radius 1 is 1.10 bits per heavy atom. The quantitative estimate of drug-likeness (QED) is 0.420. The van der Waals surface area contributed by atoms with Crippen molar-refractivity contribution in [3.63, 3.8) is 0 Å². The maximum atomic E-state index is 13.3. The van der Waals surface area contributed by atoms with Gasteiger partial charge in [-0.15, -0.1) is 0 Å². The molecule has 0 saturated carbocycles. The molecule has 30 heavy (non-hydrogen) atoms. The first kappa shape index (κ1) is 19.3. The number of nitrogens with one attached hydrogen (secondary N) is 1. The number of hydrogen-bond acceptors (Lipinski definition) is 6. The molecule has 0 aliphatic rings. The number of benzene rings is 2. The van der Waals surface area contributed by atoms with Crippen molar-refractivity contribution in [2.24, 2.45) is 0 Å². The second-order valence-electron chi connectivity index (χ2n) is 6.83. The number of anilines is 2. The number of nitrogens with two attached hydrogens (primary N) is 2. The van der Waals surface area contributed by atoms with Gasteiger partial charge in [-0.2, -0.15) is 0 Å². The zero-order valence-electron chi connectivity index (χ0n) is 16.2. The van der Waals surface area contributed by atoms with E-state index in [-0.39, 0.29) is 12.4 Å². The van der Waals surface area contributed by atoms with Gasteiger partial charge in [0.2, 0.25) is 0 Å². The summed E-state index contributed by atoms with van der Waals surface area (Å²) in [5.74, 6) is 1.77. The van der Waals surface area contributed by atoms with E-state index in [9.17, 15) is 4.39 Å². The zero-order chi connectivity index (χ0) is 21.1. The summed E-state index contributed by atoms with van der Waals surface area (Å²) < 4.78 is 24.9. The average Bonchev–Trinajstić information content (AvgIpc) is 3.13. The number of fused-ring (bicyclic) bond motifs is 1. The Hall–Kier alpha value is -4.00. The van der Waals surface area contributed by atoms with E-state index in [1.54, 1.807) is 18.2 Å². The normalized spacial score (nSPS) is 10.8. The topological polar surface area (TPSA) is 99.3 Å². The molecule has 0 amide bonds. The van der Waals surface area contributed by atoms with Crippen LogP contribution in [0.3, 0.4) is 0 Å². The largest absolute Gasteiger partial charge is 0.489 e. The van der Waals surface area contributed by atoms with Crippen LogP contribution in [0.15, 0.2) is 71.7 Å². The number of nitrogens with zero attached hydrogens (tertiary/aromatic N) is 1. The number of ether oxygens (including phenoxy) is 1. The van der Waals surface area contributed by atoms with E-state index in [1.807, 2.05) is 30.3 Å². The van der Waals surface area contributed by atoms with Crippen LogP contribution in [-0.4, -0.2) is 4.98 Å². The van der Waals surface area contributed by atoms with E-state index < -0.39 is 0 Å². The van der Waals surface area contributed by atoms with Crippen LogP contribution in [0, 0.1) is 5.82 Å².